The van der Waals surface area contributed by atoms with Crippen molar-refractivity contribution in [1.82, 2.24) is 10.5 Å². The smallest absolute Gasteiger partial charge is 0.291 e. The molecule has 1 rings (SSSR count). The molecule has 0 spiro atoms. The van der Waals surface area contributed by atoms with Gasteiger partial charge in [-0.2, -0.15) is 0 Å². The summed E-state index contributed by atoms with van der Waals surface area (Å²) in [6.45, 7) is 5.39. The van der Waals surface area contributed by atoms with Crippen molar-refractivity contribution in [1.29, 1.82) is 0 Å². The number of hydrogen-bond donors (Lipinski definition) is 1. The lowest BCUT2D eigenvalue weighted by Crippen LogP contribution is -2.29. The summed E-state index contributed by atoms with van der Waals surface area (Å²) < 4.78 is 4.76. The number of nitrogens with zero attached hydrogens (tertiary/aromatic N) is 1. The number of carbonyl (C=O) groups is 1. The van der Waals surface area contributed by atoms with Gasteiger partial charge in [0, 0.05) is 6.04 Å². The molecular formula is C8H11ClN2O2. The van der Waals surface area contributed by atoms with Gasteiger partial charge in [0.1, 0.15) is 5.02 Å². The standard InChI is InChI=1S/C8H11ClN2O2/c1-4(2)10-8(12)7-6(9)5(3)11-13-7/h4H,1-3H3,(H,10,12). The molecule has 0 fully saturated rings. The van der Waals surface area contributed by atoms with Crippen molar-refractivity contribution in [2.75, 3.05) is 0 Å². The summed E-state index contributed by atoms with van der Waals surface area (Å²) >= 11 is 5.77. The molecule has 1 N–H and O–H groups in total. The van der Waals surface area contributed by atoms with Gasteiger partial charge in [0.05, 0.1) is 5.69 Å². The van der Waals surface area contributed by atoms with Crippen LogP contribution >= 0.6 is 11.6 Å². The Morgan fingerprint density at radius 2 is 2.23 bits per heavy atom. The van der Waals surface area contributed by atoms with Crippen LogP contribution in [0.4, 0.5) is 0 Å². The van der Waals surface area contributed by atoms with Gasteiger partial charge in [-0.15, -0.1) is 0 Å². The van der Waals surface area contributed by atoms with E-state index in [1.807, 2.05) is 13.8 Å². The zero-order chi connectivity index (χ0) is 10.0. The first kappa shape index (κ1) is 10.1. The van der Waals surface area contributed by atoms with Gasteiger partial charge in [0.2, 0.25) is 5.76 Å². The molecule has 1 amide bonds. The van der Waals surface area contributed by atoms with Gasteiger partial charge in [-0.05, 0) is 20.8 Å². The van der Waals surface area contributed by atoms with Crippen LogP contribution in [-0.4, -0.2) is 17.1 Å². The van der Waals surface area contributed by atoms with Gasteiger partial charge in [-0.1, -0.05) is 16.8 Å². The third-order valence-electron chi connectivity index (χ3n) is 1.42. The molecule has 4 nitrogen and oxygen atoms in total. The van der Waals surface area contributed by atoms with Gasteiger partial charge in [-0.3, -0.25) is 4.79 Å². The van der Waals surface area contributed by atoms with E-state index in [1.165, 1.54) is 0 Å². The van der Waals surface area contributed by atoms with Crippen LogP contribution in [0.5, 0.6) is 0 Å². The van der Waals surface area contributed by atoms with E-state index in [2.05, 4.69) is 10.5 Å². The first-order valence-electron chi connectivity index (χ1n) is 3.95. The van der Waals surface area contributed by atoms with Crippen LogP contribution < -0.4 is 5.32 Å². The number of halogens is 1. The van der Waals surface area contributed by atoms with Gasteiger partial charge < -0.3 is 9.84 Å². The number of nitrogens with one attached hydrogen (secondary N) is 1. The fourth-order valence-electron chi connectivity index (χ4n) is 0.827. The second-order valence-electron chi connectivity index (χ2n) is 3.04. The maximum absolute atomic E-state index is 11.4. The Morgan fingerprint density at radius 1 is 1.62 bits per heavy atom. The molecule has 0 aliphatic rings. The van der Waals surface area contributed by atoms with Crippen LogP contribution in [0.2, 0.25) is 5.02 Å². The summed E-state index contributed by atoms with van der Waals surface area (Å²) in [6, 6.07) is 0.0500. The van der Waals surface area contributed by atoms with E-state index in [1.54, 1.807) is 6.92 Å². The lowest BCUT2D eigenvalue weighted by Gasteiger charge is -2.04. The molecule has 0 aromatic carbocycles. The summed E-state index contributed by atoms with van der Waals surface area (Å²) in [5.74, 6) is -0.256. The van der Waals surface area contributed by atoms with Crippen LogP contribution in [0.25, 0.3) is 0 Å². The number of aryl methyl sites for hydroxylation is 1. The lowest BCUT2D eigenvalue weighted by molar-refractivity contribution is 0.0906. The van der Waals surface area contributed by atoms with E-state index < -0.39 is 0 Å². The quantitative estimate of drug-likeness (QED) is 0.796. The van der Waals surface area contributed by atoms with Crippen LogP contribution in [0.1, 0.15) is 30.1 Å². The highest BCUT2D eigenvalue weighted by Crippen LogP contribution is 2.19. The largest absolute Gasteiger partial charge is 0.349 e. The molecule has 1 heterocycles. The third-order valence-corrected chi connectivity index (χ3v) is 1.86. The van der Waals surface area contributed by atoms with Crippen molar-refractivity contribution < 1.29 is 9.32 Å². The summed E-state index contributed by atoms with van der Waals surface area (Å²) in [7, 11) is 0. The summed E-state index contributed by atoms with van der Waals surface area (Å²) in [4.78, 5) is 11.4. The average molecular weight is 203 g/mol. The first-order chi connectivity index (χ1) is 6.02. The Kier molecular flexibility index (Phi) is 2.93. The second kappa shape index (κ2) is 3.79. The minimum Gasteiger partial charge on any atom is -0.349 e. The number of aromatic nitrogens is 1. The number of amides is 1. The van der Waals surface area contributed by atoms with Crippen molar-refractivity contribution in [2.45, 2.75) is 26.8 Å². The fourth-order valence-corrected chi connectivity index (χ4v) is 0.982. The molecule has 5 heteroatoms. The highest BCUT2D eigenvalue weighted by molar-refractivity contribution is 6.33. The van der Waals surface area contributed by atoms with E-state index in [0.29, 0.717) is 5.69 Å². The predicted molar refractivity (Wildman–Crippen MR) is 48.9 cm³/mol. The Morgan fingerprint density at radius 3 is 2.62 bits per heavy atom. The molecule has 0 bridgehead atoms. The van der Waals surface area contributed by atoms with Crippen LogP contribution in [-0.2, 0) is 0 Å². The number of hydrogen-bond acceptors (Lipinski definition) is 3. The topological polar surface area (TPSA) is 55.1 Å². The van der Waals surface area contributed by atoms with Gasteiger partial charge in [0.15, 0.2) is 0 Å². The summed E-state index contributed by atoms with van der Waals surface area (Å²) in [5, 5.41) is 6.51. The van der Waals surface area contributed by atoms with Gasteiger partial charge in [-0.25, -0.2) is 0 Å². The average Bonchev–Trinajstić information content (AvgIpc) is 2.31. The Balaban J connectivity index is 2.83. The molecule has 0 saturated heterocycles. The monoisotopic (exact) mass is 202 g/mol. The second-order valence-corrected chi connectivity index (χ2v) is 3.42. The van der Waals surface area contributed by atoms with Crippen molar-refractivity contribution in [3.05, 3.63) is 16.5 Å². The van der Waals surface area contributed by atoms with Gasteiger partial charge in [0.25, 0.3) is 5.91 Å². The van der Waals surface area contributed by atoms with Crippen LogP contribution in [0.3, 0.4) is 0 Å². The molecule has 0 atom stereocenters. The molecule has 13 heavy (non-hydrogen) atoms. The van der Waals surface area contributed by atoms with Crippen LogP contribution in [0.15, 0.2) is 4.52 Å². The maximum atomic E-state index is 11.4. The van der Waals surface area contributed by atoms with E-state index in [0.717, 1.165) is 0 Å². The van der Waals surface area contributed by atoms with Crippen molar-refractivity contribution in [2.24, 2.45) is 0 Å². The molecule has 0 saturated carbocycles. The molecule has 72 valence electrons. The zero-order valence-electron chi connectivity index (χ0n) is 7.72. The first-order valence-corrected chi connectivity index (χ1v) is 4.32. The fraction of sp³-hybridized carbons (Fsp3) is 0.500. The minimum absolute atomic E-state index is 0.0500. The van der Waals surface area contributed by atoms with E-state index in [4.69, 9.17) is 16.1 Å². The molecule has 0 unspecified atom stereocenters. The van der Waals surface area contributed by atoms with Gasteiger partial charge >= 0.3 is 0 Å². The molecule has 1 aromatic rings. The van der Waals surface area contributed by atoms with Crippen molar-refractivity contribution >= 4 is 17.5 Å². The zero-order valence-corrected chi connectivity index (χ0v) is 8.47. The molecule has 0 radical (unpaired) electrons. The number of carbonyl (C=O) groups excluding carboxylic acids is 1. The molecule has 1 aromatic heterocycles. The number of rotatable bonds is 2. The Bertz CT molecular complexity index is 320. The normalized spacial score (nSPS) is 10.5. The van der Waals surface area contributed by atoms with Crippen molar-refractivity contribution in [3.8, 4) is 0 Å². The Labute approximate surface area is 81.2 Å². The lowest BCUT2D eigenvalue weighted by atomic mass is 10.3. The molecular weight excluding hydrogens is 192 g/mol. The minimum atomic E-state index is -0.333. The maximum Gasteiger partial charge on any atom is 0.291 e. The highest BCUT2D eigenvalue weighted by atomic mass is 35.5. The van der Waals surface area contributed by atoms with Crippen LogP contribution in [0, 0.1) is 6.92 Å². The Hall–Kier alpha value is -1.03. The summed E-state index contributed by atoms with van der Waals surface area (Å²) in [5.41, 5.74) is 0.524. The predicted octanol–water partition coefficient (Wildman–Crippen LogP) is 1.77. The van der Waals surface area contributed by atoms with E-state index in [9.17, 15) is 4.79 Å². The molecule has 0 aliphatic carbocycles. The van der Waals surface area contributed by atoms with Crippen molar-refractivity contribution in [3.63, 3.8) is 0 Å². The van der Waals surface area contributed by atoms with E-state index in [-0.39, 0.29) is 22.7 Å². The summed E-state index contributed by atoms with van der Waals surface area (Å²) in [6.07, 6.45) is 0. The molecule has 0 aliphatic heterocycles. The van der Waals surface area contributed by atoms with E-state index >= 15 is 0 Å². The third kappa shape index (κ3) is 2.21. The SMILES string of the molecule is Cc1noc(C(=O)NC(C)C)c1Cl. The highest BCUT2D eigenvalue weighted by Gasteiger charge is 2.18.